The lowest BCUT2D eigenvalue weighted by atomic mass is 10.1. The summed E-state index contributed by atoms with van der Waals surface area (Å²) in [6, 6.07) is 3.00. The number of carbonyl (C=O) groups excluding carboxylic acids is 4. The second-order valence-electron chi connectivity index (χ2n) is 7.61. The fourth-order valence-electron chi connectivity index (χ4n) is 3.71. The molecule has 0 spiro atoms. The molecule has 0 unspecified atom stereocenters. The number of nitrogens with one attached hydrogen (secondary N) is 1. The first kappa shape index (κ1) is 23.5. The van der Waals surface area contributed by atoms with Crippen molar-refractivity contribution < 1.29 is 33.0 Å². The molecule has 174 valence electrons. The predicted octanol–water partition coefficient (Wildman–Crippen LogP) is 0.0820. The van der Waals surface area contributed by atoms with Crippen LogP contribution >= 0.6 is 0 Å². The van der Waals surface area contributed by atoms with Crippen molar-refractivity contribution >= 4 is 23.8 Å². The number of ether oxygens (including phenoxy) is 2. The normalized spacial score (nSPS) is 19.8. The molecular weight excluding hydrogens is 423 g/mol. The molecule has 10 nitrogen and oxygen atoms in total. The number of esters is 1. The molecule has 2 saturated heterocycles. The monoisotopic (exact) mass is 450 g/mol. The molecule has 2 fully saturated rings. The van der Waals surface area contributed by atoms with Crippen LogP contribution in [-0.2, 0) is 19.1 Å². The molecule has 3 rings (SSSR count). The molecule has 1 aromatic rings. The van der Waals surface area contributed by atoms with E-state index in [0.717, 1.165) is 6.07 Å². The lowest BCUT2D eigenvalue weighted by molar-refractivity contribution is -0.145. The summed E-state index contributed by atoms with van der Waals surface area (Å²) in [6.07, 6.45) is 0. The van der Waals surface area contributed by atoms with Gasteiger partial charge < -0.3 is 29.5 Å². The van der Waals surface area contributed by atoms with Crippen molar-refractivity contribution in [3.05, 3.63) is 35.6 Å². The Morgan fingerprint density at radius 2 is 1.84 bits per heavy atom. The summed E-state index contributed by atoms with van der Waals surface area (Å²) < 4.78 is 23.5. The first-order valence-corrected chi connectivity index (χ1v) is 10.4. The van der Waals surface area contributed by atoms with Crippen LogP contribution in [0.25, 0.3) is 0 Å². The van der Waals surface area contributed by atoms with Crippen molar-refractivity contribution in [3.63, 3.8) is 0 Å². The predicted molar refractivity (Wildman–Crippen MR) is 110 cm³/mol. The van der Waals surface area contributed by atoms with Crippen LogP contribution in [0.3, 0.4) is 0 Å². The number of hydrogen-bond donors (Lipinski definition) is 1. The number of amides is 4. The van der Waals surface area contributed by atoms with E-state index in [-0.39, 0.29) is 31.2 Å². The molecule has 2 heterocycles. The van der Waals surface area contributed by atoms with Gasteiger partial charge in [-0.25, -0.2) is 14.0 Å². The van der Waals surface area contributed by atoms with Gasteiger partial charge in [0.1, 0.15) is 17.9 Å². The number of methoxy groups -OCH3 is 1. The number of hydrogen-bond acceptors (Lipinski definition) is 6. The Morgan fingerprint density at radius 1 is 1.12 bits per heavy atom. The van der Waals surface area contributed by atoms with E-state index in [0.29, 0.717) is 26.3 Å². The zero-order valence-corrected chi connectivity index (χ0v) is 18.1. The average molecular weight is 450 g/mol. The van der Waals surface area contributed by atoms with Crippen molar-refractivity contribution in [1.82, 2.24) is 20.0 Å². The lowest BCUT2D eigenvalue weighted by Crippen LogP contribution is -2.65. The number of benzene rings is 1. The van der Waals surface area contributed by atoms with Gasteiger partial charge in [-0.3, -0.25) is 9.59 Å². The molecule has 4 amide bonds. The zero-order chi connectivity index (χ0) is 23.3. The Hall–Kier alpha value is -3.21. The van der Waals surface area contributed by atoms with Gasteiger partial charge in [0.15, 0.2) is 0 Å². The van der Waals surface area contributed by atoms with Crippen LogP contribution in [0.2, 0.25) is 0 Å². The van der Waals surface area contributed by atoms with Gasteiger partial charge >= 0.3 is 12.0 Å². The minimum Gasteiger partial charge on any atom is -0.467 e. The Kier molecular flexibility index (Phi) is 7.62. The van der Waals surface area contributed by atoms with Crippen LogP contribution in [0.5, 0.6) is 0 Å². The Balaban J connectivity index is 1.79. The highest BCUT2D eigenvalue weighted by Gasteiger charge is 2.40. The van der Waals surface area contributed by atoms with E-state index in [4.69, 9.17) is 4.74 Å². The standard InChI is InChI=1S/C21H27FN4O6/c1-14(20(29)31-2)23-18(27)17-13-25(19(28)15-4-3-5-16(22)12-15)6-7-26(17)21(30)24-8-10-32-11-9-24/h3-5,12,14,17H,6-11,13H2,1-2H3,(H,23,27)/t14-,17+/m1/s1. The SMILES string of the molecule is COC(=O)[C@@H](C)NC(=O)[C@@H]1CN(C(=O)c2cccc(F)c2)CCN1C(=O)N1CCOCC1. The van der Waals surface area contributed by atoms with E-state index in [1.165, 1.54) is 42.0 Å². The summed E-state index contributed by atoms with van der Waals surface area (Å²) in [4.78, 5) is 55.2. The fraction of sp³-hybridized carbons (Fsp3) is 0.524. The van der Waals surface area contributed by atoms with Crippen LogP contribution < -0.4 is 5.32 Å². The van der Waals surface area contributed by atoms with Gasteiger partial charge in [-0.15, -0.1) is 0 Å². The fourth-order valence-corrected chi connectivity index (χ4v) is 3.71. The van der Waals surface area contributed by atoms with Crippen molar-refractivity contribution in [2.75, 3.05) is 53.0 Å². The van der Waals surface area contributed by atoms with E-state index in [9.17, 15) is 23.6 Å². The van der Waals surface area contributed by atoms with Crippen LogP contribution in [0, 0.1) is 5.82 Å². The van der Waals surface area contributed by atoms with Crippen molar-refractivity contribution in [2.45, 2.75) is 19.0 Å². The van der Waals surface area contributed by atoms with E-state index in [2.05, 4.69) is 10.1 Å². The lowest BCUT2D eigenvalue weighted by Gasteiger charge is -2.43. The molecule has 1 aromatic carbocycles. The van der Waals surface area contributed by atoms with Gasteiger partial charge in [0.2, 0.25) is 5.91 Å². The summed E-state index contributed by atoms with van der Waals surface area (Å²) in [5.74, 6) is -2.20. The molecule has 0 saturated carbocycles. The number of rotatable bonds is 4. The quantitative estimate of drug-likeness (QED) is 0.651. The molecule has 0 aliphatic carbocycles. The highest BCUT2D eigenvalue weighted by atomic mass is 19.1. The zero-order valence-electron chi connectivity index (χ0n) is 18.1. The van der Waals surface area contributed by atoms with E-state index >= 15 is 0 Å². The van der Waals surface area contributed by atoms with E-state index in [1.807, 2.05) is 0 Å². The van der Waals surface area contributed by atoms with Gasteiger partial charge in [0.05, 0.1) is 26.9 Å². The van der Waals surface area contributed by atoms with E-state index in [1.54, 1.807) is 4.90 Å². The molecule has 1 N–H and O–H groups in total. The van der Waals surface area contributed by atoms with Gasteiger partial charge in [0.25, 0.3) is 5.91 Å². The smallest absolute Gasteiger partial charge is 0.328 e. The Morgan fingerprint density at radius 3 is 2.50 bits per heavy atom. The van der Waals surface area contributed by atoms with Gasteiger partial charge in [-0.1, -0.05) is 6.07 Å². The van der Waals surface area contributed by atoms with Crippen LogP contribution in [0.4, 0.5) is 9.18 Å². The topological polar surface area (TPSA) is 108 Å². The van der Waals surface area contributed by atoms with Gasteiger partial charge in [-0.05, 0) is 25.1 Å². The average Bonchev–Trinajstić information content (AvgIpc) is 2.82. The first-order chi connectivity index (χ1) is 15.3. The summed E-state index contributed by atoms with van der Waals surface area (Å²) in [7, 11) is 1.21. The van der Waals surface area contributed by atoms with Crippen molar-refractivity contribution in [3.8, 4) is 0 Å². The third-order valence-electron chi connectivity index (χ3n) is 5.48. The van der Waals surface area contributed by atoms with Gasteiger partial charge in [-0.2, -0.15) is 0 Å². The summed E-state index contributed by atoms with van der Waals surface area (Å²) in [6.45, 7) is 3.27. The molecule has 32 heavy (non-hydrogen) atoms. The maximum absolute atomic E-state index is 13.6. The first-order valence-electron chi connectivity index (χ1n) is 10.4. The van der Waals surface area contributed by atoms with Crippen LogP contribution in [-0.4, -0.2) is 104 Å². The number of piperazine rings is 1. The molecule has 0 radical (unpaired) electrons. The number of halogens is 1. The maximum atomic E-state index is 13.6. The molecule has 0 bridgehead atoms. The molecular formula is C21H27FN4O6. The molecule has 0 aromatic heterocycles. The molecule has 2 atom stereocenters. The largest absolute Gasteiger partial charge is 0.467 e. The Bertz CT molecular complexity index is 876. The van der Waals surface area contributed by atoms with Crippen LogP contribution in [0.1, 0.15) is 17.3 Å². The van der Waals surface area contributed by atoms with Crippen molar-refractivity contribution in [1.29, 1.82) is 0 Å². The highest BCUT2D eigenvalue weighted by molar-refractivity contribution is 5.96. The van der Waals surface area contributed by atoms with E-state index < -0.39 is 35.7 Å². The highest BCUT2D eigenvalue weighted by Crippen LogP contribution is 2.17. The summed E-state index contributed by atoms with van der Waals surface area (Å²) >= 11 is 0. The third kappa shape index (κ3) is 5.34. The summed E-state index contributed by atoms with van der Waals surface area (Å²) in [5, 5.41) is 2.55. The number of carbonyl (C=O) groups is 4. The minimum absolute atomic E-state index is 0.0921. The third-order valence-corrected chi connectivity index (χ3v) is 5.48. The second-order valence-corrected chi connectivity index (χ2v) is 7.61. The van der Waals surface area contributed by atoms with Gasteiger partial charge in [0, 0.05) is 31.7 Å². The number of urea groups is 1. The minimum atomic E-state index is -1.02. The Labute approximate surface area is 185 Å². The maximum Gasteiger partial charge on any atom is 0.328 e. The second kappa shape index (κ2) is 10.4. The summed E-state index contributed by atoms with van der Waals surface area (Å²) in [5.41, 5.74) is 0.153. The molecule has 11 heteroatoms. The van der Waals surface area contributed by atoms with Crippen LogP contribution in [0.15, 0.2) is 24.3 Å². The van der Waals surface area contributed by atoms with Crippen molar-refractivity contribution in [2.24, 2.45) is 0 Å². The number of morpholine rings is 1. The molecule has 2 aliphatic rings. The number of nitrogens with zero attached hydrogens (tertiary/aromatic N) is 3. The molecule has 2 aliphatic heterocycles.